The largest absolute Gasteiger partial charge is 0.316 e. The van der Waals surface area contributed by atoms with Crippen LogP contribution in [0.3, 0.4) is 0 Å². The van der Waals surface area contributed by atoms with Crippen LogP contribution in [0.2, 0.25) is 0 Å². The summed E-state index contributed by atoms with van der Waals surface area (Å²) in [6.45, 7) is 6.01. The lowest BCUT2D eigenvalue weighted by molar-refractivity contribution is 0.549. The highest BCUT2D eigenvalue weighted by atomic mass is 32.2. The predicted octanol–water partition coefficient (Wildman–Crippen LogP) is 2.51. The summed E-state index contributed by atoms with van der Waals surface area (Å²) < 4.78 is 22.4. The van der Waals surface area contributed by atoms with Crippen molar-refractivity contribution in [3.05, 3.63) is 35.4 Å². The Morgan fingerprint density at radius 3 is 2.37 bits per heavy atom. The standard InChI is InChI=1S/C15H25NO2S/c1-4-16-12-15(6-5-11-19(3,17)18)14-9-7-13(2)8-10-14/h7-10,15-16H,4-6,11-12H2,1-3H3. The van der Waals surface area contributed by atoms with Crippen LogP contribution in [0.4, 0.5) is 0 Å². The van der Waals surface area contributed by atoms with Gasteiger partial charge in [-0.1, -0.05) is 36.8 Å². The minimum atomic E-state index is -2.85. The van der Waals surface area contributed by atoms with Crippen LogP contribution in [-0.4, -0.2) is 33.5 Å². The Labute approximate surface area is 117 Å². The third-order valence-corrected chi connectivity index (χ3v) is 4.29. The van der Waals surface area contributed by atoms with Gasteiger partial charge in [0, 0.05) is 18.6 Å². The van der Waals surface area contributed by atoms with Gasteiger partial charge in [0.1, 0.15) is 9.84 Å². The monoisotopic (exact) mass is 283 g/mol. The van der Waals surface area contributed by atoms with Crippen LogP contribution < -0.4 is 5.32 Å². The van der Waals surface area contributed by atoms with Crippen LogP contribution in [0, 0.1) is 6.92 Å². The number of sulfone groups is 1. The molecule has 0 aliphatic carbocycles. The lowest BCUT2D eigenvalue weighted by Gasteiger charge is -2.18. The van der Waals surface area contributed by atoms with Crippen molar-refractivity contribution in [2.75, 3.05) is 25.1 Å². The first-order valence-corrected chi connectivity index (χ1v) is 8.93. The van der Waals surface area contributed by atoms with Gasteiger partial charge >= 0.3 is 0 Å². The molecule has 19 heavy (non-hydrogen) atoms. The number of hydrogen-bond acceptors (Lipinski definition) is 3. The van der Waals surface area contributed by atoms with Crippen LogP contribution in [-0.2, 0) is 9.84 Å². The van der Waals surface area contributed by atoms with E-state index >= 15 is 0 Å². The van der Waals surface area contributed by atoms with Gasteiger partial charge in [0.2, 0.25) is 0 Å². The van der Waals surface area contributed by atoms with Crippen molar-refractivity contribution in [3.8, 4) is 0 Å². The maximum absolute atomic E-state index is 11.2. The van der Waals surface area contributed by atoms with Crippen molar-refractivity contribution in [2.45, 2.75) is 32.6 Å². The summed E-state index contributed by atoms with van der Waals surface area (Å²) in [5.74, 6) is 0.670. The summed E-state index contributed by atoms with van der Waals surface area (Å²) in [4.78, 5) is 0. The van der Waals surface area contributed by atoms with E-state index in [0.717, 1.165) is 25.9 Å². The zero-order valence-corrected chi connectivity index (χ0v) is 13.0. The molecule has 1 aromatic carbocycles. The van der Waals surface area contributed by atoms with Crippen molar-refractivity contribution in [3.63, 3.8) is 0 Å². The fourth-order valence-corrected chi connectivity index (χ4v) is 2.83. The number of rotatable bonds is 8. The predicted molar refractivity (Wildman–Crippen MR) is 81.4 cm³/mol. The van der Waals surface area contributed by atoms with Crippen molar-refractivity contribution >= 4 is 9.84 Å². The highest BCUT2D eigenvalue weighted by Crippen LogP contribution is 2.21. The van der Waals surface area contributed by atoms with E-state index in [9.17, 15) is 8.42 Å². The second-order valence-corrected chi connectivity index (χ2v) is 7.45. The zero-order valence-electron chi connectivity index (χ0n) is 12.1. The highest BCUT2D eigenvalue weighted by molar-refractivity contribution is 7.90. The Bertz CT molecular complexity index is 465. The molecule has 0 amide bonds. The molecular weight excluding hydrogens is 258 g/mol. The summed E-state index contributed by atoms with van der Waals surface area (Å²) in [5.41, 5.74) is 2.54. The molecule has 0 radical (unpaired) electrons. The quantitative estimate of drug-likeness (QED) is 0.797. The second kappa shape index (κ2) is 7.65. The molecule has 0 aliphatic heterocycles. The Balaban J connectivity index is 2.63. The average Bonchev–Trinajstić information content (AvgIpc) is 2.33. The fourth-order valence-electron chi connectivity index (χ4n) is 2.14. The lowest BCUT2D eigenvalue weighted by Crippen LogP contribution is -2.21. The second-order valence-electron chi connectivity index (χ2n) is 5.19. The minimum Gasteiger partial charge on any atom is -0.316 e. The van der Waals surface area contributed by atoms with Gasteiger partial charge in [0.25, 0.3) is 0 Å². The molecule has 1 N–H and O–H groups in total. The topological polar surface area (TPSA) is 46.2 Å². The van der Waals surface area contributed by atoms with E-state index in [1.807, 2.05) is 0 Å². The van der Waals surface area contributed by atoms with E-state index < -0.39 is 9.84 Å². The van der Waals surface area contributed by atoms with Crippen molar-refractivity contribution < 1.29 is 8.42 Å². The molecular formula is C15H25NO2S. The maximum atomic E-state index is 11.2. The molecule has 0 aromatic heterocycles. The van der Waals surface area contributed by atoms with E-state index in [2.05, 4.69) is 43.4 Å². The summed E-state index contributed by atoms with van der Waals surface area (Å²) in [6, 6.07) is 8.53. The van der Waals surface area contributed by atoms with Gasteiger partial charge in [-0.25, -0.2) is 8.42 Å². The van der Waals surface area contributed by atoms with Gasteiger partial charge in [0.15, 0.2) is 0 Å². The van der Waals surface area contributed by atoms with Gasteiger partial charge in [-0.15, -0.1) is 0 Å². The molecule has 0 aliphatic rings. The Kier molecular flexibility index (Phi) is 6.52. The van der Waals surface area contributed by atoms with Gasteiger partial charge in [-0.3, -0.25) is 0 Å². The molecule has 1 rings (SSSR count). The number of benzene rings is 1. The Morgan fingerprint density at radius 2 is 1.84 bits per heavy atom. The number of hydrogen-bond donors (Lipinski definition) is 1. The van der Waals surface area contributed by atoms with Crippen molar-refractivity contribution in [1.82, 2.24) is 5.32 Å². The molecule has 3 nitrogen and oxygen atoms in total. The summed E-state index contributed by atoms with van der Waals surface area (Å²) in [6.07, 6.45) is 2.93. The summed E-state index contributed by atoms with van der Waals surface area (Å²) in [5, 5.41) is 3.36. The molecule has 0 heterocycles. The van der Waals surface area contributed by atoms with Gasteiger partial charge in [0.05, 0.1) is 0 Å². The molecule has 1 aromatic rings. The molecule has 0 spiro atoms. The van der Waals surface area contributed by atoms with Gasteiger partial charge in [-0.05, 0) is 37.8 Å². The lowest BCUT2D eigenvalue weighted by atomic mass is 9.94. The first-order chi connectivity index (χ1) is 8.92. The van der Waals surface area contributed by atoms with Crippen LogP contribution in [0.5, 0.6) is 0 Å². The van der Waals surface area contributed by atoms with Crippen LogP contribution in [0.1, 0.15) is 36.8 Å². The van der Waals surface area contributed by atoms with Crippen LogP contribution in [0.15, 0.2) is 24.3 Å². The molecule has 0 bridgehead atoms. The van der Waals surface area contributed by atoms with E-state index in [1.54, 1.807) is 0 Å². The number of aryl methyl sites for hydroxylation is 1. The van der Waals surface area contributed by atoms with E-state index in [4.69, 9.17) is 0 Å². The summed E-state index contributed by atoms with van der Waals surface area (Å²) in [7, 11) is -2.85. The fraction of sp³-hybridized carbons (Fsp3) is 0.600. The first-order valence-electron chi connectivity index (χ1n) is 6.87. The third-order valence-electron chi connectivity index (χ3n) is 3.26. The molecule has 0 saturated carbocycles. The summed E-state index contributed by atoms with van der Waals surface area (Å²) >= 11 is 0. The zero-order chi connectivity index (χ0) is 14.3. The Morgan fingerprint density at radius 1 is 1.21 bits per heavy atom. The first kappa shape index (κ1) is 16.2. The van der Waals surface area contributed by atoms with E-state index in [0.29, 0.717) is 5.92 Å². The van der Waals surface area contributed by atoms with Gasteiger partial charge < -0.3 is 5.32 Å². The molecule has 108 valence electrons. The van der Waals surface area contributed by atoms with Crippen LogP contribution >= 0.6 is 0 Å². The van der Waals surface area contributed by atoms with Gasteiger partial charge in [-0.2, -0.15) is 0 Å². The van der Waals surface area contributed by atoms with E-state index in [1.165, 1.54) is 17.4 Å². The number of nitrogens with one attached hydrogen (secondary N) is 1. The minimum absolute atomic E-state index is 0.279. The Hall–Kier alpha value is -0.870. The molecule has 1 unspecified atom stereocenters. The van der Waals surface area contributed by atoms with Crippen molar-refractivity contribution in [1.29, 1.82) is 0 Å². The molecule has 0 fully saturated rings. The third kappa shape index (κ3) is 6.73. The molecule has 4 heteroatoms. The average molecular weight is 283 g/mol. The highest BCUT2D eigenvalue weighted by Gasteiger charge is 2.12. The molecule has 0 saturated heterocycles. The SMILES string of the molecule is CCNCC(CCCS(C)(=O)=O)c1ccc(C)cc1. The van der Waals surface area contributed by atoms with E-state index in [-0.39, 0.29) is 5.75 Å². The smallest absolute Gasteiger partial charge is 0.147 e. The van der Waals surface area contributed by atoms with Crippen molar-refractivity contribution in [2.24, 2.45) is 0 Å². The number of likely N-dealkylation sites (N-methyl/N-ethyl adjacent to an activating group) is 1. The normalized spacial score (nSPS) is 13.4. The molecule has 1 atom stereocenters. The van der Waals surface area contributed by atoms with Crippen LogP contribution in [0.25, 0.3) is 0 Å². The maximum Gasteiger partial charge on any atom is 0.147 e.